The van der Waals surface area contributed by atoms with E-state index in [1.54, 1.807) is 0 Å². The van der Waals surface area contributed by atoms with Crippen LogP contribution in [0.5, 0.6) is 0 Å². The lowest BCUT2D eigenvalue weighted by atomic mass is 9.60. The molecule has 5 rings (SSSR count). The maximum atomic E-state index is 12.7. The van der Waals surface area contributed by atoms with Crippen LogP contribution in [0, 0.1) is 5.92 Å². The smallest absolute Gasteiger partial charge is 0.317 e. The Morgan fingerprint density at radius 2 is 1.81 bits per heavy atom. The van der Waals surface area contributed by atoms with Gasteiger partial charge in [0.2, 0.25) is 0 Å². The molecule has 2 aliphatic heterocycles. The topological polar surface area (TPSA) is 55.8 Å². The number of nitrogens with zero attached hydrogens (tertiary/aromatic N) is 2. The predicted octanol–water partition coefficient (Wildman–Crippen LogP) is 2.56. The van der Waals surface area contributed by atoms with Crippen LogP contribution < -0.4 is 5.32 Å². The van der Waals surface area contributed by atoms with Crippen molar-refractivity contribution in [3.05, 3.63) is 35.9 Å². The lowest BCUT2D eigenvalue weighted by Gasteiger charge is -2.70. The summed E-state index contributed by atoms with van der Waals surface area (Å²) in [4.78, 5) is 17.2. The number of benzene rings is 1. The zero-order chi connectivity index (χ0) is 18.4. The van der Waals surface area contributed by atoms with E-state index in [1.807, 2.05) is 11.0 Å². The Hall–Kier alpha value is -1.59. The quantitative estimate of drug-likeness (QED) is 0.839. The maximum absolute atomic E-state index is 12.7. The van der Waals surface area contributed by atoms with Crippen molar-refractivity contribution in [1.82, 2.24) is 15.1 Å². The number of hydrogen-bond donors (Lipinski definition) is 2. The molecule has 2 saturated carbocycles. The van der Waals surface area contributed by atoms with Gasteiger partial charge in [0.1, 0.15) is 0 Å². The zero-order valence-electron chi connectivity index (χ0n) is 16.0. The van der Waals surface area contributed by atoms with Gasteiger partial charge in [0.15, 0.2) is 0 Å². The minimum Gasteiger partial charge on any atom is -0.395 e. The second-order valence-corrected chi connectivity index (χ2v) is 9.12. The number of carbonyl (C=O) groups excluding carboxylic acids is 1. The summed E-state index contributed by atoms with van der Waals surface area (Å²) in [6.07, 6.45) is 7.34. The molecule has 1 aromatic carbocycles. The minimum absolute atomic E-state index is 0.0182. The highest BCUT2D eigenvalue weighted by atomic mass is 16.3. The first-order chi connectivity index (χ1) is 13.2. The van der Waals surface area contributed by atoms with Crippen LogP contribution in [-0.4, -0.2) is 64.8 Å². The molecule has 0 aromatic heterocycles. The summed E-state index contributed by atoms with van der Waals surface area (Å²) in [5, 5.41) is 13.3. The predicted molar refractivity (Wildman–Crippen MR) is 105 cm³/mol. The lowest BCUT2D eigenvalue weighted by molar-refractivity contribution is -0.179. The van der Waals surface area contributed by atoms with Gasteiger partial charge in [-0.25, -0.2) is 4.79 Å². The summed E-state index contributed by atoms with van der Waals surface area (Å²) in [7, 11) is 0. The SMILES string of the molecule is O=C(NC1CCCC1)N1CC2(C1)[C@H](c1ccccc1)[C@H](CO)N2CC1CC1. The third kappa shape index (κ3) is 2.95. The van der Waals surface area contributed by atoms with Crippen LogP contribution in [0.1, 0.15) is 50.0 Å². The average Bonchev–Trinajstić information content (AvgIpc) is 3.32. The summed E-state index contributed by atoms with van der Waals surface area (Å²) >= 11 is 0. The van der Waals surface area contributed by atoms with Crippen molar-refractivity contribution < 1.29 is 9.90 Å². The van der Waals surface area contributed by atoms with Crippen LogP contribution in [0.4, 0.5) is 4.79 Å². The van der Waals surface area contributed by atoms with E-state index >= 15 is 0 Å². The summed E-state index contributed by atoms with van der Waals surface area (Å²) < 4.78 is 0. The molecule has 2 heterocycles. The van der Waals surface area contributed by atoms with Crippen molar-refractivity contribution in [2.45, 2.75) is 62.1 Å². The number of aliphatic hydroxyl groups excluding tert-OH is 1. The Morgan fingerprint density at radius 3 is 2.44 bits per heavy atom. The van der Waals surface area contributed by atoms with E-state index in [-0.39, 0.29) is 24.2 Å². The molecule has 5 heteroatoms. The second kappa shape index (κ2) is 6.78. The van der Waals surface area contributed by atoms with Gasteiger partial charge in [-0.3, -0.25) is 4.90 Å². The van der Waals surface area contributed by atoms with E-state index in [2.05, 4.69) is 34.5 Å². The van der Waals surface area contributed by atoms with Gasteiger partial charge in [-0.05, 0) is 37.2 Å². The molecule has 2 atom stereocenters. The molecule has 2 amide bonds. The molecule has 0 unspecified atom stereocenters. The van der Waals surface area contributed by atoms with Crippen LogP contribution >= 0.6 is 0 Å². The Kier molecular flexibility index (Phi) is 4.40. The highest BCUT2D eigenvalue weighted by Crippen LogP contribution is 2.55. The van der Waals surface area contributed by atoms with E-state index in [1.165, 1.54) is 31.2 Å². The molecule has 1 spiro atoms. The third-order valence-electron chi connectivity index (χ3n) is 7.33. The Bertz CT molecular complexity index is 678. The Morgan fingerprint density at radius 1 is 1.11 bits per heavy atom. The number of aliphatic hydroxyl groups is 1. The van der Waals surface area contributed by atoms with Crippen molar-refractivity contribution in [3.63, 3.8) is 0 Å². The number of nitrogens with one attached hydrogen (secondary N) is 1. The molecule has 4 fully saturated rings. The standard InChI is InChI=1S/C22H31N3O2/c26-13-19-20(17-6-2-1-3-7-17)22(25(19)12-16-10-11-16)14-24(15-22)21(27)23-18-8-4-5-9-18/h1-3,6-7,16,18-20,26H,4-5,8-15H2,(H,23,27)/t19-,20+/m0/s1. The highest BCUT2D eigenvalue weighted by molar-refractivity contribution is 5.76. The van der Waals surface area contributed by atoms with Crippen LogP contribution in [0.3, 0.4) is 0 Å². The van der Waals surface area contributed by atoms with E-state index in [0.29, 0.717) is 12.0 Å². The number of amides is 2. The first-order valence-electron chi connectivity index (χ1n) is 10.7. The Labute approximate surface area is 161 Å². The van der Waals surface area contributed by atoms with Crippen molar-refractivity contribution >= 4 is 6.03 Å². The molecule has 5 nitrogen and oxygen atoms in total. The first-order valence-corrected chi connectivity index (χ1v) is 10.7. The molecule has 27 heavy (non-hydrogen) atoms. The number of carbonyl (C=O) groups is 1. The number of urea groups is 1. The van der Waals surface area contributed by atoms with E-state index < -0.39 is 0 Å². The van der Waals surface area contributed by atoms with Crippen LogP contribution in [0.15, 0.2) is 30.3 Å². The number of rotatable bonds is 5. The van der Waals surface area contributed by atoms with Gasteiger partial charge >= 0.3 is 6.03 Å². The minimum atomic E-state index is 0.0182. The molecule has 0 bridgehead atoms. The van der Waals surface area contributed by atoms with Gasteiger partial charge in [-0.2, -0.15) is 0 Å². The van der Waals surface area contributed by atoms with E-state index in [0.717, 1.165) is 38.4 Å². The van der Waals surface area contributed by atoms with Gasteiger partial charge in [0.05, 0.1) is 12.1 Å². The fourth-order valence-electron chi connectivity index (χ4n) is 5.73. The van der Waals surface area contributed by atoms with Crippen molar-refractivity contribution in [2.75, 3.05) is 26.2 Å². The van der Waals surface area contributed by atoms with Crippen LogP contribution in [0.2, 0.25) is 0 Å². The van der Waals surface area contributed by atoms with Gasteiger partial charge in [0.25, 0.3) is 0 Å². The third-order valence-corrected chi connectivity index (χ3v) is 7.33. The van der Waals surface area contributed by atoms with Gasteiger partial charge in [0, 0.05) is 37.6 Å². The monoisotopic (exact) mass is 369 g/mol. The highest BCUT2D eigenvalue weighted by Gasteiger charge is 2.66. The molecular weight excluding hydrogens is 338 g/mol. The second-order valence-electron chi connectivity index (χ2n) is 9.12. The zero-order valence-corrected chi connectivity index (χ0v) is 16.0. The van der Waals surface area contributed by atoms with Crippen molar-refractivity contribution in [1.29, 1.82) is 0 Å². The van der Waals surface area contributed by atoms with Crippen LogP contribution in [0.25, 0.3) is 0 Å². The maximum Gasteiger partial charge on any atom is 0.317 e. The Balaban J connectivity index is 1.32. The number of likely N-dealkylation sites (tertiary alicyclic amines) is 2. The molecule has 2 saturated heterocycles. The summed E-state index contributed by atoms with van der Waals surface area (Å²) in [6, 6.07) is 11.3. The molecular formula is C22H31N3O2. The average molecular weight is 370 g/mol. The fourth-order valence-corrected chi connectivity index (χ4v) is 5.73. The van der Waals surface area contributed by atoms with E-state index in [4.69, 9.17) is 0 Å². The van der Waals surface area contributed by atoms with Crippen LogP contribution in [-0.2, 0) is 0 Å². The van der Waals surface area contributed by atoms with Crippen molar-refractivity contribution in [3.8, 4) is 0 Å². The largest absolute Gasteiger partial charge is 0.395 e. The molecule has 1 aromatic rings. The summed E-state index contributed by atoms with van der Waals surface area (Å²) in [5.41, 5.74) is 1.32. The molecule has 146 valence electrons. The molecule has 2 N–H and O–H groups in total. The van der Waals surface area contributed by atoms with Crippen molar-refractivity contribution in [2.24, 2.45) is 5.92 Å². The number of hydrogen-bond acceptors (Lipinski definition) is 3. The van der Waals surface area contributed by atoms with Gasteiger partial charge < -0.3 is 15.3 Å². The lowest BCUT2D eigenvalue weighted by Crippen LogP contribution is -2.85. The summed E-state index contributed by atoms with van der Waals surface area (Å²) in [6.45, 7) is 2.84. The van der Waals surface area contributed by atoms with Gasteiger partial charge in [-0.1, -0.05) is 43.2 Å². The fraction of sp³-hybridized carbons (Fsp3) is 0.682. The molecule has 4 aliphatic rings. The first kappa shape index (κ1) is 17.5. The van der Waals surface area contributed by atoms with E-state index in [9.17, 15) is 9.90 Å². The van der Waals surface area contributed by atoms with Gasteiger partial charge in [-0.15, -0.1) is 0 Å². The molecule has 0 radical (unpaired) electrons. The molecule has 2 aliphatic carbocycles. The normalized spacial score (nSPS) is 30.2. The summed E-state index contributed by atoms with van der Waals surface area (Å²) in [5.74, 6) is 1.10.